The Morgan fingerprint density at radius 2 is 1.82 bits per heavy atom. The quantitative estimate of drug-likeness (QED) is 0.489. The molecule has 0 aromatic carbocycles. The van der Waals surface area contributed by atoms with Gasteiger partial charge in [-0.15, -0.1) is 0 Å². The topological polar surface area (TPSA) is 0 Å². The van der Waals surface area contributed by atoms with Gasteiger partial charge >= 0.3 is 0 Å². The van der Waals surface area contributed by atoms with Gasteiger partial charge in [-0.1, -0.05) is 24.8 Å². The van der Waals surface area contributed by atoms with Crippen LogP contribution in [0.1, 0.15) is 6.92 Å². The van der Waals surface area contributed by atoms with Gasteiger partial charge in [0.2, 0.25) is 0 Å². The van der Waals surface area contributed by atoms with E-state index >= 15 is 0 Å². The lowest BCUT2D eigenvalue weighted by Gasteiger charge is -2.02. The Balaban J connectivity index is 4.61. The fourth-order valence-corrected chi connectivity index (χ4v) is 1.40. The van der Waals surface area contributed by atoms with Crippen molar-refractivity contribution in [3.8, 4) is 0 Å². The van der Waals surface area contributed by atoms with Gasteiger partial charge in [-0.2, -0.15) is 25.3 Å². The minimum Gasteiger partial charge on any atom is -0.175 e. The molecule has 0 amide bonds. The summed E-state index contributed by atoms with van der Waals surface area (Å²) in [6, 6.07) is 0. The molecule has 0 aromatic rings. The zero-order valence-electron chi connectivity index (χ0n) is 6.75. The molecule has 0 radical (unpaired) electrons. The van der Waals surface area contributed by atoms with Crippen molar-refractivity contribution < 1.29 is 0 Å². The molecule has 2 heteroatoms. The number of hydrogen-bond acceptors (Lipinski definition) is 2. The van der Waals surface area contributed by atoms with Crippen molar-refractivity contribution in [1.82, 2.24) is 0 Å². The number of thiol groups is 2. The van der Waals surface area contributed by atoms with Crippen molar-refractivity contribution in [2.24, 2.45) is 0 Å². The molecule has 0 unspecified atom stereocenters. The van der Waals surface area contributed by atoms with Gasteiger partial charge in [0.05, 0.1) is 0 Å². The molecule has 0 nitrogen and oxygen atoms in total. The fraction of sp³-hybridized carbons (Fsp3) is 0.333. The first-order valence-corrected chi connectivity index (χ1v) is 4.75. The summed E-state index contributed by atoms with van der Waals surface area (Å²) >= 11 is 8.39. The van der Waals surface area contributed by atoms with E-state index in [0.29, 0.717) is 0 Å². The van der Waals surface area contributed by atoms with Gasteiger partial charge in [0.1, 0.15) is 0 Å². The van der Waals surface area contributed by atoms with Gasteiger partial charge in [0.15, 0.2) is 0 Å². The SMILES string of the molecule is C=C/C(CS)=C(\C=C/C)CS. The van der Waals surface area contributed by atoms with Gasteiger partial charge in [0, 0.05) is 11.5 Å². The lowest BCUT2D eigenvalue weighted by Crippen LogP contribution is -1.89. The summed E-state index contributed by atoms with van der Waals surface area (Å²) in [5.41, 5.74) is 2.35. The van der Waals surface area contributed by atoms with E-state index in [0.717, 1.165) is 17.1 Å². The second-order valence-electron chi connectivity index (χ2n) is 2.07. The Morgan fingerprint density at radius 3 is 2.09 bits per heavy atom. The van der Waals surface area contributed by atoms with E-state index in [1.807, 2.05) is 25.2 Å². The molecule has 11 heavy (non-hydrogen) atoms. The maximum atomic E-state index is 4.21. The summed E-state index contributed by atoms with van der Waals surface area (Å²) in [4.78, 5) is 0. The molecule has 0 rings (SSSR count). The molecule has 0 aromatic heterocycles. The van der Waals surface area contributed by atoms with Crippen molar-refractivity contribution in [3.05, 3.63) is 36.0 Å². The van der Waals surface area contributed by atoms with Crippen LogP contribution in [-0.4, -0.2) is 11.5 Å². The normalized spacial score (nSPS) is 13.4. The first kappa shape index (κ1) is 10.9. The van der Waals surface area contributed by atoms with Crippen molar-refractivity contribution in [1.29, 1.82) is 0 Å². The third-order valence-electron chi connectivity index (χ3n) is 1.37. The van der Waals surface area contributed by atoms with Crippen molar-refractivity contribution >= 4 is 25.3 Å². The minimum absolute atomic E-state index is 0.726. The smallest absolute Gasteiger partial charge is 0.0157 e. The van der Waals surface area contributed by atoms with Gasteiger partial charge < -0.3 is 0 Å². The van der Waals surface area contributed by atoms with Gasteiger partial charge in [-0.25, -0.2) is 0 Å². The van der Waals surface area contributed by atoms with Crippen LogP contribution in [0.3, 0.4) is 0 Å². The molecule has 0 heterocycles. The number of allylic oxidation sites excluding steroid dienone is 3. The van der Waals surface area contributed by atoms with Crippen LogP contribution in [0.4, 0.5) is 0 Å². The van der Waals surface area contributed by atoms with Crippen LogP contribution in [0.5, 0.6) is 0 Å². The Kier molecular flexibility index (Phi) is 6.57. The summed E-state index contributed by atoms with van der Waals surface area (Å²) in [6.45, 7) is 5.70. The maximum absolute atomic E-state index is 4.21. The van der Waals surface area contributed by atoms with Gasteiger partial charge in [-0.3, -0.25) is 0 Å². The van der Waals surface area contributed by atoms with Crippen molar-refractivity contribution in [2.75, 3.05) is 11.5 Å². The second kappa shape index (κ2) is 6.62. The monoisotopic (exact) mass is 186 g/mol. The third-order valence-corrected chi connectivity index (χ3v) is 2.05. The van der Waals surface area contributed by atoms with E-state index < -0.39 is 0 Å². The molecule has 0 saturated carbocycles. The molecule has 0 fully saturated rings. The highest BCUT2D eigenvalue weighted by molar-refractivity contribution is 7.80. The minimum atomic E-state index is 0.726. The average Bonchev–Trinajstić information content (AvgIpc) is 2.05. The predicted molar refractivity (Wildman–Crippen MR) is 59.7 cm³/mol. The molecule has 0 aliphatic rings. The molecule has 0 spiro atoms. The van der Waals surface area contributed by atoms with E-state index in [-0.39, 0.29) is 0 Å². The molecular formula is C9H14S2. The van der Waals surface area contributed by atoms with Crippen molar-refractivity contribution in [2.45, 2.75) is 6.92 Å². The summed E-state index contributed by atoms with van der Waals surface area (Å²) in [5, 5.41) is 0. The number of rotatable bonds is 4. The summed E-state index contributed by atoms with van der Waals surface area (Å²) in [7, 11) is 0. The maximum Gasteiger partial charge on any atom is 0.0157 e. The van der Waals surface area contributed by atoms with Crippen LogP contribution >= 0.6 is 25.3 Å². The van der Waals surface area contributed by atoms with Crippen LogP contribution in [-0.2, 0) is 0 Å². The first-order chi connectivity index (χ1) is 5.29. The van der Waals surface area contributed by atoms with E-state index in [1.165, 1.54) is 5.57 Å². The summed E-state index contributed by atoms with van der Waals surface area (Å²) < 4.78 is 0. The van der Waals surface area contributed by atoms with Crippen LogP contribution in [0.25, 0.3) is 0 Å². The fourth-order valence-electron chi connectivity index (χ4n) is 0.760. The lowest BCUT2D eigenvalue weighted by atomic mass is 10.1. The molecule has 0 bridgehead atoms. The third kappa shape index (κ3) is 3.73. The number of hydrogen-bond donors (Lipinski definition) is 2. The molecule has 62 valence electrons. The first-order valence-electron chi connectivity index (χ1n) is 3.49. The van der Waals surface area contributed by atoms with E-state index in [1.54, 1.807) is 0 Å². The highest BCUT2D eigenvalue weighted by atomic mass is 32.1. The second-order valence-corrected chi connectivity index (χ2v) is 2.70. The van der Waals surface area contributed by atoms with Crippen LogP contribution in [0.15, 0.2) is 36.0 Å². The molecule has 0 saturated heterocycles. The Labute approximate surface area is 79.9 Å². The Hall–Kier alpha value is -0.0800. The summed E-state index contributed by atoms with van der Waals surface area (Å²) in [5.74, 6) is 1.47. The predicted octanol–water partition coefficient (Wildman–Crippen LogP) is 2.90. The summed E-state index contributed by atoms with van der Waals surface area (Å²) in [6.07, 6.45) is 5.87. The average molecular weight is 186 g/mol. The molecular weight excluding hydrogens is 172 g/mol. The van der Waals surface area contributed by atoms with Crippen LogP contribution in [0.2, 0.25) is 0 Å². The zero-order chi connectivity index (χ0) is 8.69. The van der Waals surface area contributed by atoms with E-state index in [9.17, 15) is 0 Å². The van der Waals surface area contributed by atoms with Gasteiger partial charge in [-0.05, 0) is 18.1 Å². The molecule has 0 atom stereocenters. The highest BCUT2D eigenvalue weighted by Crippen LogP contribution is 2.10. The molecule has 0 aliphatic heterocycles. The molecule has 0 N–H and O–H groups in total. The van der Waals surface area contributed by atoms with Crippen LogP contribution in [0, 0.1) is 0 Å². The van der Waals surface area contributed by atoms with Gasteiger partial charge in [0.25, 0.3) is 0 Å². The Bertz CT molecular complexity index is 178. The van der Waals surface area contributed by atoms with E-state index in [2.05, 4.69) is 31.8 Å². The largest absolute Gasteiger partial charge is 0.175 e. The lowest BCUT2D eigenvalue weighted by molar-refractivity contribution is 1.40. The highest BCUT2D eigenvalue weighted by Gasteiger charge is 1.95. The molecule has 0 aliphatic carbocycles. The Morgan fingerprint density at radius 1 is 1.27 bits per heavy atom. The standard InChI is InChI=1S/C9H14S2/c1-3-5-9(7-11)8(4-2)6-10/h3-5,10-11H,2,6-7H2,1H3/b5-3-,9-8-. The zero-order valence-corrected chi connectivity index (χ0v) is 8.54. The van der Waals surface area contributed by atoms with Crippen LogP contribution < -0.4 is 0 Å². The van der Waals surface area contributed by atoms with E-state index in [4.69, 9.17) is 0 Å². The van der Waals surface area contributed by atoms with Crippen molar-refractivity contribution in [3.63, 3.8) is 0 Å².